The lowest BCUT2D eigenvalue weighted by Crippen LogP contribution is -2.18. The lowest BCUT2D eigenvalue weighted by Gasteiger charge is -2.14. The third-order valence-corrected chi connectivity index (χ3v) is 6.94. The van der Waals surface area contributed by atoms with Crippen LogP contribution in [-0.2, 0) is 16.3 Å². The van der Waals surface area contributed by atoms with Crippen LogP contribution in [0.2, 0.25) is 0 Å². The van der Waals surface area contributed by atoms with Crippen molar-refractivity contribution in [1.82, 2.24) is 4.98 Å². The summed E-state index contributed by atoms with van der Waals surface area (Å²) in [4.78, 5) is 17.9. The van der Waals surface area contributed by atoms with Crippen molar-refractivity contribution in [3.8, 4) is 0 Å². The zero-order valence-electron chi connectivity index (χ0n) is 17.1. The summed E-state index contributed by atoms with van der Waals surface area (Å²) in [5, 5.41) is 3.89. The minimum Gasteiger partial charge on any atom is -0.320 e. The second-order valence-electron chi connectivity index (χ2n) is 7.33. The van der Waals surface area contributed by atoms with Gasteiger partial charge >= 0.3 is 0 Å². The van der Waals surface area contributed by atoms with Crippen molar-refractivity contribution in [2.24, 2.45) is 0 Å². The smallest absolute Gasteiger partial charge is 0.256 e. The maximum absolute atomic E-state index is 13.2. The first-order chi connectivity index (χ1) is 15.0. The number of carbonyl (C=O) groups excluding carboxylic acids is 1. The van der Waals surface area contributed by atoms with Gasteiger partial charge in [-0.1, -0.05) is 54.6 Å². The van der Waals surface area contributed by atoms with Gasteiger partial charge in [-0.3, -0.25) is 9.78 Å². The summed E-state index contributed by atoms with van der Waals surface area (Å²) in [6, 6.07) is 23.3. The van der Waals surface area contributed by atoms with E-state index >= 15 is 0 Å². The molecule has 31 heavy (non-hydrogen) atoms. The number of fused-ring (bicyclic) bond motifs is 1. The molecule has 0 spiro atoms. The Morgan fingerprint density at radius 3 is 2.45 bits per heavy atom. The Labute approximate surface area is 181 Å². The summed E-state index contributed by atoms with van der Waals surface area (Å²) in [5.74, 6) is -0.348. The second-order valence-corrected chi connectivity index (χ2v) is 9.43. The standard InChI is InChI=1S/C25H22N2O3S/c1-18-8-5-9-19(15-17-31(29,30)21-12-3-2-4-13-21)23(18)25(28)27-22-14-6-10-20-11-7-16-26-24(20)22/h2-14,16H,15,17H2,1H3,(H,27,28). The molecule has 0 aliphatic rings. The topological polar surface area (TPSA) is 76.1 Å². The molecule has 3 aromatic carbocycles. The van der Waals surface area contributed by atoms with Crippen LogP contribution >= 0.6 is 0 Å². The van der Waals surface area contributed by atoms with Gasteiger partial charge in [0.1, 0.15) is 0 Å². The molecule has 0 saturated carbocycles. The van der Waals surface area contributed by atoms with E-state index in [1.165, 1.54) is 0 Å². The number of nitrogens with zero attached hydrogens (tertiary/aromatic N) is 1. The van der Waals surface area contributed by atoms with E-state index in [9.17, 15) is 13.2 Å². The number of aryl methyl sites for hydroxylation is 2. The van der Waals surface area contributed by atoms with Crippen molar-refractivity contribution >= 4 is 32.3 Å². The fourth-order valence-electron chi connectivity index (χ4n) is 3.64. The number of anilines is 1. The highest BCUT2D eigenvalue weighted by Gasteiger charge is 2.19. The lowest BCUT2D eigenvalue weighted by molar-refractivity contribution is 0.102. The van der Waals surface area contributed by atoms with Gasteiger partial charge < -0.3 is 5.32 Å². The minimum absolute atomic E-state index is 0.0728. The van der Waals surface area contributed by atoms with Crippen LogP contribution in [0.1, 0.15) is 21.5 Å². The Kier molecular flexibility index (Phi) is 5.82. The molecule has 0 atom stereocenters. The minimum atomic E-state index is -3.44. The van der Waals surface area contributed by atoms with Gasteiger partial charge in [0.05, 0.1) is 21.9 Å². The number of para-hydroxylation sites is 1. The predicted molar refractivity (Wildman–Crippen MR) is 123 cm³/mol. The number of carbonyl (C=O) groups is 1. The quantitative estimate of drug-likeness (QED) is 0.476. The van der Waals surface area contributed by atoms with Gasteiger partial charge in [-0.2, -0.15) is 0 Å². The molecule has 1 amide bonds. The summed E-state index contributed by atoms with van der Waals surface area (Å²) in [5.41, 5.74) is 3.32. The highest BCUT2D eigenvalue weighted by atomic mass is 32.2. The van der Waals surface area contributed by atoms with E-state index in [-0.39, 0.29) is 23.0 Å². The molecule has 0 aliphatic carbocycles. The number of sulfone groups is 1. The maximum Gasteiger partial charge on any atom is 0.256 e. The van der Waals surface area contributed by atoms with Crippen LogP contribution in [0.15, 0.2) is 90.0 Å². The number of pyridine rings is 1. The normalized spacial score (nSPS) is 11.4. The zero-order valence-corrected chi connectivity index (χ0v) is 17.9. The first-order valence-electron chi connectivity index (χ1n) is 9.97. The van der Waals surface area contributed by atoms with E-state index in [2.05, 4.69) is 10.3 Å². The Morgan fingerprint density at radius 1 is 0.903 bits per heavy atom. The maximum atomic E-state index is 13.2. The molecule has 0 fully saturated rings. The SMILES string of the molecule is Cc1cccc(CCS(=O)(=O)c2ccccc2)c1C(=O)Nc1cccc2cccnc12. The molecule has 156 valence electrons. The van der Waals surface area contributed by atoms with Crippen molar-refractivity contribution in [3.05, 3.63) is 102 Å². The number of nitrogens with one attached hydrogen (secondary N) is 1. The average molecular weight is 431 g/mol. The first-order valence-corrected chi connectivity index (χ1v) is 11.6. The van der Waals surface area contributed by atoms with Gasteiger partial charge in [0, 0.05) is 17.1 Å². The Morgan fingerprint density at radius 2 is 1.65 bits per heavy atom. The van der Waals surface area contributed by atoms with Crippen LogP contribution in [0.5, 0.6) is 0 Å². The van der Waals surface area contributed by atoms with E-state index in [1.54, 1.807) is 36.5 Å². The Balaban J connectivity index is 1.61. The summed E-state index contributed by atoms with van der Waals surface area (Å²) in [7, 11) is -3.44. The zero-order chi connectivity index (χ0) is 21.8. The molecule has 4 aromatic rings. The molecule has 1 aromatic heterocycles. The molecule has 6 heteroatoms. The average Bonchev–Trinajstić information content (AvgIpc) is 2.78. The van der Waals surface area contributed by atoms with Crippen molar-refractivity contribution in [2.45, 2.75) is 18.2 Å². The van der Waals surface area contributed by atoms with E-state index in [0.29, 0.717) is 22.3 Å². The molecule has 1 N–H and O–H groups in total. The van der Waals surface area contributed by atoms with E-state index in [0.717, 1.165) is 10.9 Å². The largest absolute Gasteiger partial charge is 0.320 e. The van der Waals surface area contributed by atoms with Crippen LogP contribution in [0.3, 0.4) is 0 Å². The Hall–Kier alpha value is -3.51. The molecule has 0 unspecified atom stereocenters. The summed E-state index contributed by atoms with van der Waals surface area (Å²) < 4.78 is 25.4. The van der Waals surface area contributed by atoms with E-state index in [1.807, 2.05) is 55.5 Å². The van der Waals surface area contributed by atoms with Gasteiger partial charge in [0.15, 0.2) is 9.84 Å². The summed E-state index contributed by atoms with van der Waals surface area (Å²) >= 11 is 0. The highest BCUT2D eigenvalue weighted by Crippen LogP contribution is 2.24. The molecule has 0 aliphatic heterocycles. The van der Waals surface area contributed by atoms with Crippen LogP contribution in [0.25, 0.3) is 10.9 Å². The van der Waals surface area contributed by atoms with E-state index in [4.69, 9.17) is 0 Å². The predicted octanol–water partition coefficient (Wildman–Crippen LogP) is 4.81. The molecular weight excluding hydrogens is 408 g/mol. The molecular formula is C25H22N2O3S. The van der Waals surface area contributed by atoms with Crippen LogP contribution < -0.4 is 5.32 Å². The number of aromatic nitrogens is 1. The van der Waals surface area contributed by atoms with Crippen LogP contribution in [0, 0.1) is 6.92 Å². The van der Waals surface area contributed by atoms with Crippen LogP contribution in [-0.4, -0.2) is 25.1 Å². The third-order valence-electron chi connectivity index (χ3n) is 5.21. The molecule has 0 bridgehead atoms. The van der Waals surface area contributed by atoms with E-state index < -0.39 is 9.84 Å². The van der Waals surface area contributed by atoms with Crippen molar-refractivity contribution in [1.29, 1.82) is 0 Å². The van der Waals surface area contributed by atoms with Crippen molar-refractivity contribution < 1.29 is 13.2 Å². The summed E-state index contributed by atoms with van der Waals surface area (Å²) in [6.07, 6.45) is 1.93. The van der Waals surface area contributed by atoms with Gasteiger partial charge in [-0.25, -0.2) is 8.42 Å². The molecule has 0 saturated heterocycles. The van der Waals surface area contributed by atoms with Gasteiger partial charge in [0.2, 0.25) is 0 Å². The van der Waals surface area contributed by atoms with Crippen LogP contribution in [0.4, 0.5) is 5.69 Å². The lowest BCUT2D eigenvalue weighted by atomic mass is 9.99. The first kappa shape index (κ1) is 20.8. The van der Waals surface area contributed by atoms with Gasteiger partial charge in [-0.15, -0.1) is 0 Å². The fourth-order valence-corrected chi connectivity index (χ4v) is 4.94. The van der Waals surface area contributed by atoms with Crippen molar-refractivity contribution in [2.75, 3.05) is 11.1 Å². The second kappa shape index (κ2) is 8.70. The third kappa shape index (κ3) is 4.49. The van der Waals surface area contributed by atoms with Crippen molar-refractivity contribution in [3.63, 3.8) is 0 Å². The summed E-state index contributed by atoms with van der Waals surface area (Å²) in [6.45, 7) is 1.85. The number of benzene rings is 3. The number of hydrogen-bond donors (Lipinski definition) is 1. The monoisotopic (exact) mass is 430 g/mol. The number of hydrogen-bond acceptors (Lipinski definition) is 4. The number of amides is 1. The molecule has 4 rings (SSSR count). The van der Waals surface area contributed by atoms with Gasteiger partial charge in [-0.05, 0) is 48.7 Å². The fraction of sp³-hybridized carbons (Fsp3) is 0.120. The van der Waals surface area contributed by atoms with Gasteiger partial charge in [0.25, 0.3) is 5.91 Å². The Bertz CT molecular complexity index is 1340. The molecule has 5 nitrogen and oxygen atoms in total. The number of rotatable bonds is 6. The molecule has 0 radical (unpaired) electrons. The molecule has 1 heterocycles. The highest BCUT2D eigenvalue weighted by molar-refractivity contribution is 7.91.